The van der Waals surface area contributed by atoms with Gasteiger partial charge >= 0.3 is 0 Å². The summed E-state index contributed by atoms with van der Waals surface area (Å²) >= 11 is 0. The molecule has 2 aromatic rings. The first-order valence-electron chi connectivity index (χ1n) is 10.7. The third-order valence-electron chi connectivity index (χ3n) is 5.97. The molecule has 3 rings (SSSR count). The van der Waals surface area contributed by atoms with Gasteiger partial charge in [-0.15, -0.1) is 6.58 Å². The second kappa shape index (κ2) is 9.40. The smallest absolute Gasteiger partial charge is 0.116 e. The van der Waals surface area contributed by atoms with Gasteiger partial charge in [0.2, 0.25) is 0 Å². The molecular weight excluding hydrogens is 370 g/mol. The first kappa shape index (κ1) is 22.0. The Labute approximate surface area is 181 Å². The number of hydrogen-bond acceptors (Lipinski definition) is 4. The topological polar surface area (TPSA) is 38.7 Å². The number of nitrogens with one attached hydrogen (secondary N) is 1. The molecule has 0 bridgehead atoms. The lowest BCUT2D eigenvalue weighted by Gasteiger charge is -2.37. The van der Waals surface area contributed by atoms with E-state index in [9.17, 15) is 5.11 Å². The first-order chi connectivity index (χ1) is 14.4. The Morgan fingerprint density at radius 3 is 2.37 bits per heavy atom. The van der Waals surface area contributed by atoms with Crippen LogP contribution < -0.4 is 5.32 Å². The number of phenolic OH excluding ortho intramolecular Hbond substituents is 1. The molecule has 0 amide bonds. The van der Waals surface area contributed by atoms with Crippen LogP contribution in [0.4, 0.5) is 0 Å². The second-order valence-corrected chi connectivity index (χ2v) is 8.63. The van der Waals surface area contributed by atoms with Crippen LogP contribution in [0, 0.1) is 5.92 Å². The summed E-state index contributed by atoms with van der Waals surface area (Å²) in [6.45, 7) is 10.6. The molecule has 1 fully saturated rings. The van der Waals surface area contributed by atoms with Gasteiger partial charge in [0.05, 0.1) is 11.4 Å². The maximum atomic E-state index is 9.88. The molecule has 2 aromatic carbocycles. The number of hydrogen-bond donors (Lipinski definition) is 2. The number of nitrogens with zero attached hydrogens (tertiary/aromatic N) is 2. The standard InChI is InChI=1S/C26H35N3O/c1-6-26(23-14-15-23,27-20(2)29(5)17-9-16-28(3)4)24-12-7-10-21(18-24)22-11-8-13-25(30)19-22/h6-8,10-13,18-19,23,27,30H,1-2,9,14-17H2,3-5H3. The molecule has 0 radical (unpaired) electrons. The lowest BCUT2D eigenvalue weighted by molar-refractivity contribution is 0.294. The van der Waals surface area contributed by atoms with Crippen molar-refractivity contribution < 1.29 is 5.11 Å². The maximum absolute atomic E-state index is 9.88. The van der Waals surface area contributed by atoms with Crippen LogP contribution in [0.2, 0.25) is 0 Å². The monoisotopic (exact) mass is 405 g/mol. The van der Waals surface area contributed by atoms with Gasteiger partial charge in [0.1, 0.15) is 5.75 Å². The van der Waals surface area contributed by atoms with Crippen molar-refractivity contribution >= 4 is 0 Å². The Bertz CT molecular complexity index is 887. The van der Waals surface area contributed by atoms with E-state index in [1.165, 1.54) is 18.4 Å². The van der Waals surface area contributed by atoms with E-state index < -0.39 is 0 Å². The minimum Gasteiger partial charge on any atom is -0.508 e. The fraction of sp³-hybridized carbons (Fsp3) is 0.385. The predicted molar refractivity (Wildman–Crippen MR) is 126 cm³/mol. The molecule has 0 heterocycles. The summed E-state index contributed by atoms with van der Waals surface area (Å²) in [6.07, 6.45) is 5.48. The van der Waals surface area contributed by atoms with Crippen molar-refractivity contribution in [2.24, 2.45) is 5.92 Å². The summed E-state index contributed by atoms with van der Waals surface area (Å²) in [5, 5.41) is 13.6. The molecule has 0 saturated heterocycles. The third kappa shape index (κ3) is 5.06. The number of phenols is 1. The fourth-order valence-electron chi connectivity index (χ4n) is 4.02. The molecule has 0 aliphatic heterocycles. The Balaban J connectivity index is 1.85. The van der Waals surface area contributed by atoms with E-state index in [0.29, 0.717) is 5.92 Å². The van der Waals surface area contributed by atoms with E-state index in [1.54, 1.807) is 12.1 Å². The molecule has 1 aliphatic carbocycles. The summed E-state index contributed by atoms with van der Waals surface area (Å²) in [5.41, 5.74) is 2.93. The van der Waals surface area contributed by atoms with Gasteiger partial charge in [0.25, 0.3) is 0 Å². The maximum Gasteiger partial charge on any atom is 0.116 e. The Hall–Kier alpha value is -2.72. The van der Waals surface area contributed by atoms with Crippen molar-refractivity contribution in [2.45, 2.75) is 24.8 Å². The van der Waals surface area contributed by atoms with Gasteiger partial charge < -0.3 is 20.2 Å². The average molecular weight is 406 g/mol. The lowest BCUT2D eigenvalue weighted by Crippen LogP contribution is -2.45. The van der Waals surface area contributed by atoms with Gasteiger partial charge in [-0.1, -0.05) is 43.0 Å². The highest BCUT2D eigenvalue weighted by Crippen LogP contribution is 2.47. The largest absolute Gasteiger partial charge is 0.508 e. The quantitative estimate of drug-likeness (QED) is 0.527. The zero-order chi connectivity index (χ0) is 21.7. The van der Waals surface area contributed by atoms with Crippen LogP contribution in [0.1, 0.15) is 24.8 Å². The third-order valence-corrected chi connectivity index (χ3v) is 5.97. The van der Waals surface area contributed by atoms with Crippen LogP contribution in [-0.2, 0) is 5.54 Å². The van der Waals surface area contributed by atoms with E-state index in [4.69, 9.17) is 0 Å². The molecule has 1 atom stereocenters. The van der Waals surface area contributed by atoms with Crippen LogP contribution in [0.3, 0.4) is 0 Å². The summed E-state index contributed by atoms with van der Waals surface area (Å²) in [6, 6.07) is 15.9. The van der Waals surface area contributed by atoms with Gasteiger partial charge in [0.15, 0.2) is 0 Å². The fourth-order valence-corrected chi connectivity index (χ4v) is 4.02. The summed E-state index contributed by atoms with van der Waals surface area (Å²) < 4.78 is 0. The van der Waals surface area contributed by atoms with Gasteiger partial charge in [-0.05, 0) is 80.7 Å². The molecule has 1 unspecified atom stereocenters. The highest BCUT2D eigenvalue weighted by Gasteiger charge is 2.45. The Morgan fingerprint density at radius 2 is 1.77 bits per heavy atom. The molecule has 1 saturated carbocycles. The molecule has 30 heavy (non-hydrogen) atoms. The first-order valence-corrected chi connectivity index (χ1v) is 10.7. The van der Waals surface area contributed by atoms with Crippen LogP contribution >= 0.6 is 0 Å². The van der Waals surface area contributed by atoms with E-state index in [1.807, 2.05) is 18.2 Å². The Kier molecular flexibility index (Phi) is 6.88. The average Bonchev–Trinajstić information content (AvgIpc) is 3.57. The minimum absolute atomic E-state index is 0.279. The zero-order valence-electron chi connectivity index (χ0n) is 18.6. The highest BCUT2D eigenvalue weighted by molar-refractivity contribution is 5.66. The molecule has 4 heteroatoms. The highest BCUT2D eigenvalue weighted by atomic mass is 16.3. The molecular formula is C26H35N3O. The summed E-state index contributed by atoms with van der Waals surface area (Å²) in [4.78, 5) is 4.40. The number of rotatable bonds is 11. The van der Waals surface area contributed by atoms with Gasteiger partial charge in [-0.3, -0.25) is 0 Å². The second-order valence-electron chi connectivity index (χ2n) is 8.63. The summed E-state index contributed by atoms with van der Waals surface area (Å²) in [5.74, 6) is 1.70. The van der Waals surface area contributed by atoms with Crippen LogP contribution in [0.25, 0.3) is 11.1 Å². The van der Waals surface area contributed by atoms with Crippen molar-refractivity contribution in [1.29, 1.82) is 0 Å². The van der Waals surface area contributed by atoms with Crippen LogP contribution in [0.15, 0.2) is 73.6 Å². The van der Waals surface area contributed by atoms with Gasteiger partial charge in [-0.2, -0.15) is 0 Å². The van der Waals surface area contributed by atoms with Crippen LogP contribution in [0.5, 0.6) is 5.75 Å². The van der Waals surface area contributed by atoms with E-state index in [2.05, 4.69) is 73.7 Å². The van der Waals surface area contributed by atoms with Gasteiger partial charge in [0, 0.05) is 13.6 Å². The number of aromatic hydroxyl groups is 1. The summed E-state index contributed by atoms with van der Waals surface area (Å²) in [7, 11) is 6.29. The molecule has 4 nitrogen and oxygen atoms in total. The lowest BCUT2D eigenvalue weighted by atomic mass is 9.83. The molecule has 2 N–H and O–H groups in total. The molecule has 160 valence electrons. The number of benzene rings is 2. The normalized spacial score (nSPS) is 15.5. The van der Waals surface area contributed by atoms with Crippen molar-refractivity contribution in [2.75, 3.05) is 34.2 Å². The van der Waals surface area contributed by atoms with Crippen molar-refractivity contribution in [3.63, 3.8) is 0 Å². The SMILES string of the molecule is C=CC(NC(=C)N(C)CCCN(C)C)(c1cccc(-c2cccc(O)c2)c1)C1CC1. The van der Waals surface area contributed by atoms with Crippen LogP contribution in [-0.4, -0.2) is 49.1 Å². The zero-order valence-corrected chi connectivity index (χ0v) is 18.6. The predicted octanol–water partition coefficient (Wildman–Crippen LogP) is 4.79. The van der Waals surface area contributed by atoms with Crippen molar-refractivity contribution in [3.8, 4) is 16.9 Å². The van der Waals surface area contributed by atoms with E-state index in [0.717, 1.165) is 36.5 Å². The van der Waals surface area contributed by atoms with Gasteiger partial charge in [-0.25, -0.2) is 0 Å². The van der Waals surface area contributed by atoms with Crippen molar-refractivity contribution in [3.05, 3.63) is 79.1 Å². The minimum atomic E-state index is -0.347. The Morgan fingerprint density at radius 1 is 1.10 bits per heavy atom. The van der Waals surface area contributed by atoms with E-state index in [-0.39, 0.29) is 11.3 Å². The molecule has 0 aromatic heterocycles. The van der Waals surface area contributed by atoms with E-state index >= 15 is 0 Å². The van der Waals surface area contributed by atoms with Crippen molar-refractivity contribution in [1.82, 2.24) is 15.1 Å². The molecule has 1 aliphatic rings. The molecule has 0 spiro atoms.